The van der Waals surface area contributed by atoms with Crippen molar-refractivity contribution >= 4 is 23.4 Å². The summed E-state index contributed by atoms with van der Waals surface area (Å²) in [6.07, 6.45) is 8.58. The fourth-order valence-corrected chi connectivity index (χ4v) is 3.23. The largest absolute Gasteiger partial charge is 0.366 e. The molecule has 5 heteroatoms. The van der Waals surface area contributed by atoms with E-state index in [0.717, 1.165) is 35.1 Å². The molecular weight excluding hydrogens is 332 g/mol. The van der Waals surface area contributed by atoms with Gasteiger partial charge in [0.15, 0.2) is 0 Å². The first-order chi connectivity index (χ1) is 12.2. The van der Waals surface area contributed by atoms with E-state index in [0.29, 0.717) is 12.5 Å². The summed E-state index contributed by atoms with van der Waals surface area (Å²) >= 11 is 6.20. The molecule has 132 valence electrons. The first-order valence-electron chi connectivity index (χ1n) is 8.95. The summed E-state index contributed by atoms with van der Waals surface area (Å²) in [5, 5.41) is 7.45. The van der Waals surface area contributed by atoms with Crippen molar-refractivity contribution in [2.45, 2.75) is 45.6 Å². The molecule has 0 spiro atoms. The van der Waals surface area contributed by atoms with E-state index in [1.165, 1.54) is 25.7 Å². The van der Waals surface area contributed by atoms with Crippen molar-refractivity contribution in [3.63, 3.8) is 0 Å². The molecule has 0 saturated heterocycles. The number of anilines is 2. The van der Waals surface area contributed by atoms with Gasteiger partial charge >= 0.3 is 0 Å². The quantitative estimate of drug-likeness (QED) is 0.656. The van der Waals surface area contributed by atoms with Crippen molar-refractivity contribution in [2.24, 2.45) is 0 Å². The molecule has 0 saturated carbocycles. The lowest BCUT2D eigenvalue weighted by Crippen LogP contribution is -2.10. The number of rotatable bonds is 7. The fraction of sp³-hybridized carbons (Fsp3) is 0.400. The maximum Gasteiger partial charge on any atom is 0.224 e. The summed E-state index contributed by atoms with van der Waals surface area (Å²) in [4.78, 5) is 9.05. The Morgan fingerprint density at radius 1 is 1.12 bits per heavy atom. The van der Waals surface area contributed by atoms with Crippen molar-refractivity contribution in [3.8, 4) is 0 Å². The molecule has 1 aliphatic rings. The summed E-state index contributed by atoms with van der Waals surface area (Å²) < 4.78 is 0. The molecule has 3 rings (SSSR count). The van der Waals surface area contributed by atoms with Crippen molar-refractivity contribution in [2.75, 3.05) is 17.2 Å². The predicted molar refractivity (Wildman–Crippen MR) is 105 cm³/mol. The normalized spacial score (nSPS) is 14.1. The highest BCUT2D eigenvalue weighted by atomic mass is 35.5. The second kappa shape index (κ2) is 8.86. The Labute approximate surface area is 154 Å². The SMILES string of the molecule is Cc1cc(NCc2ccccc2Cl)nc(NCCC2=CCCCC2)n1. The zero-order chi connectivity index (χ0) is 17.5. The number of allylic oxidation sites excluding steroid dienone is 1. The van der Waals surface area contributed by atoms with E-state index in [-0.39, 0.29) is 0 Å². The number of hydrogen-bond acceptors (Lipinski definition) is 4. The van der Waals surface area contributed by atoms with Crippen molar-refractivity contribution in [3.05, 3.63) is 58.3 Å². The zero-order valence-corrected chi connectivity index (χ0v) is 15.4. The highest BCUT2D eigenvalue weighted by Crippen LogP contribution is 2.20. The lowest BCUT2D eigenvalue weighted by Gasteiger charge is -2.14. The monoisotopic (exact) mass is 356 g/mol. The van der Waals surface area contributed by atoms with Crippen LogP contribution in [-0.4, -0.2) is 16.5 Å². The van der Waals surface area contributed by atoms with Crippen LogP contribution in [0.3, 0.4) is 0 Å². The van der Waals surface area contributed by atoms with Crippen LogP contribution >= 0.6 is 11.6 Å². The third-order valence-electron chi connectivity index (χ3n) is 4.39. The van der Waals surface area contributed by atoms with Crippen LogP contribution in [0.15, 0.2) is 42.0 Å². The second-order valence-electron chi connectivity index (χ2n) is 6.45. The summed E-state index contributed by atoms with van der Waals surface area (Å²) in [6, 6.07) is 9.79. The Bertz CT molecular complexity index is 742. The minimum Gasteiger partial charge on any atom is -0.366 e. The molecule has 2 N–H and O–H groups in total. The second-order valence-corrected chi connectivity index (χ2v) is 6.86. The number of aryl methyl sites for hydroxylation is 1. The van der Waals surface area contributed by atoms with E-state index < -0.39 is 0 Å². The average molecular weight is 357 g/mol. The number of halogens is 1. The topological polar surface area (TPSA) is 49.8 Å². The van der Waals surface area contributed by atoms with Crippen LogP contribution in [-0.2, 0) is 6.54 Å². The van der Waals surface area contributed by atoms with Gasteiger partial charge in [-0.2, -0.15) is 4.98 Å². The van der Waals surface area contributed by atoms with Crippen molar-refractivity contribution in [1.82, 2.24) is 9.97 Å². The zero-order valence-electron chi connectivity index (χ0n) is 14.7. The van der Waals surface area contributed by atoms with Gasteiger partial charge in [0.2, 0.25) is 5.95 Å². The number of nitrogens with zero attached hydrogens (tertiary/aromatic N) is 2. The fourth-order valence-electron chi connectivity index (χ4n) is 3.03. The van der Waals surface area contributed by atoms with E-state index in [2.05, 4.69) is 26.7 Å². The van der Waals surface area contributed by atoms with Crippen LogP contribution in [0.5, 0.6) is 0 Å². The first-order valence-corrected chi connectivity index (χ1v) is 9.33. The van der Waals surface area contributed by atoms with E-state index >= 15 is 0 Å². The third-order valence-corrected chi connectivity index (χ3v) is 4.75. The molecule has 0 unspecified atom stereocenters. The molecule has 1 heterocycles. The molecule has 0 aliphatic heterocycles. The molecule has 4 nitrogen and oxygen atoms in total. The summed E-state index contributed by atoms with van der Waals surface area (Å²) in [5.74, 6) is 1.49. The van der Waals surface area contributed by atoms with Gasteiger partial charge in [-0.05, 0) is 50.7 Å². The molecule has 0 amide bonds. The highest BCUT2D eigenvalue weighted by Gasteiger charge is 2.06. The minimum atomic E-state index is 0.641. The molecule has 1 aliphatic carbocycles. The average Bonchev–Trinajstić information content (AvgIpc) is 2.62. The van der Waals surface area contributed by atoms with Gasteiger partial charge in [0.1, 0.15) is 5.82 Å². The number of aromatic nitrogens is 2. The lowest BCUT2D eigenvalue weighted by atomic mass is 9.97. The van der Waals surface area contributed by atoms with Crippen LogP contribution in [0.2, 0.25) is 5.02 Å². The van der Waals surface area contributed by atoms with Crippen LogP contribution in [0.25, 0.3) is 0 Å². The maximum atomic E-state index is 6.20. The molecule has 0 radical (unpaired) electrons. The Morgan fingerprint density at radius 3 is 2.80 bits per heavy atom. The van der Waals surface area contributed by atoms with Crippen molar-refractivity contribution < 1.29 is 0 Å². The molecule has 1 aromatic carbocycles. The van der Waals surface area contributed by atoms with Crippen LogP contribution < -0.4 is 10.6 Å². The summed E-state index contributed by atoms with van der Waals surface area (Å²) in [6.45, 7) is 3.50. The van der Waals surface area contributed by atoms with Crippen LogP contribution in [0, 0.1) is 6.92 Å². The van der Waals surface area contributed by atoms with Gasteiger partial charge in [-0.15, -0.1) is 0 Å². The van der Waals surface area contributed by atoms with Gasteiger partial charge in [0.25, 0.3) is 0 Å². The van der Waals surface area contributed by atoms with E-state index in [4.69, 9.17) is 11.6 Å². The van der Waals surface area contributed by atoms with Gasteiger partial charge in [0.05, 0.1) is 0 Å². The van der Waals surface area contributed by atoms with Crippen LogP contribution in [0.1, 0.15) is 43.4 Å². The van der Waals surface area contributed by atoms with E-state index in [1.807, 2.05) is 37.3 Å². The lowest BCUT2D eigenvalue weighted by molar-refractivity contribution is 0.679. The van der Waals surface area contributed by atoms with Gasteiger partial charge in [-0.1, -0.05) is 41.4 Å². The maximum absolute atomic E-state index is 6.20. The molecule has 25 heavy (non-hydrogen) atoms. The molecular formula is C20H25ClN4. The Kier molecular flexibility index (Phi) is 6.29. The summed E-state index contributed by atoms with van der Waals surface area (Å²) in [7, 11) is 0. The molecule has 1 aromatic heterocycles. The van der Waals surface area contributed by atoms with E-state index in [9.17, 15) is 0 Å². The first kappa shape index (κ1) is 17.7. The van der Waals surface area contributed by atoms with Crippen molar-refractivity contribution in [1.29, 1.82) is 0 Å². The van der Waals surface area contributed by atoms with Gasteiger partial charge < -0.3 is 10.6 Å². The van der Waals surface area contributed by atoms with E-state index in [1.54, 1.807) is 5.57 Å². The number of benzene rings is 1. The van der Waals surface area contributed by atoms with Gasteiger partial charge in [0, 0.05) is 29.9 Å². The molecule has 0 bridgehead atoms. The highest BCUT2D eigenvalue weighted by molar-refractivity contribution is 6.31. The minimum absolute atomic E-state index is 0.641. The molecule has 0 atom stereocenters. The molecule has 0 fully saturated rings. The van der Waals surface area contributed by atoms with Gasteiger partial charge in [-0.3, -0.25) is 0 Å². The smallest absolute Gasteiger partial charge is 0.224 e. The predicted octanol–water partition coefficient (Wildman–Crippen LogP) is 5.35. The Balaban J connectivity index is 1.56. The van der Waals surface area contributed by atoms with Gasteiger partial charge in [-0.25, -0.2) is 4.98 Å². The van der Waals surface area contributed by atoms with Crippen LogP contribution in [0.4, 0.5) is 11.8 Å². The standard InChI is InChI=1S/C20H25ClN4/c1-15-13-19(23-14-17-9-5-6-10-18(17)21)25-20(24-15)22-12-11-16-7-3-2-4-8-16/h5-7,9-10,13H,2-4,8,11-12,14H2,1H3,(H2,22,23,24,25). The Hall–Kier alpha value is -2.07. The Morgan fingerprint density at radius 2 is 2.00 bits per heavy atom. The third kappa shape index (κ3) is 5.46. The molecule has 2 aromatic rings. The number of nitrogens with one attached hydrogen (secondary N) is 2. The summed E-state index contributed by atoms with van der Waals surface area (Å²) in [5.41, 5.74) is 3.55. The number of hydrogen-bond donors (Lipinski definition) is 2.